The number of carbonyl (C=O) groups is 2. The minimum Gasteiger partial charge on any atom is -0.495 e. The third-order valence-electron chi connectivity index (χ3n) is 2.93. The zero-order valence-corrected chi connectivity index (χ0v) is 11.2. The van der Waals surface area contributed by atoms with Gasteiger partial charge in [0.2, 0.25) is 0 Å². The van der Waals surface area contributed by atoms with Gasteiger partial charge in [-0.05, 0) is 24.3 Å². The predicted octanol–water partition coefficient (Wildman–Crippen LogP) is 1.12. The third-order valence-corrected chi connectivity index (χ3v) is 3.82. The van der Waals surface area contributed by atoms with Crippen molar-refractivity contribution in [3.05, 3.63) is 16.3 Å². The van der Waals surface area contributed by atoms with Crippen LogP contribution in [0.4, 0.5) is 0 Å². The topological polar surface area (TPSA) is 84.9 Å². The Labute approximate surface area is 114 Å². The molecule has 1 aliphatic rings. The Morgan fingerprint density at radius 3 is 3.00 bits per heavy atom. The van der Waals surface area contributed by atoms with Crippen LogP contribution < -0.4 is 10.1 Å². The molecule has 104 valence electrons. The van der Waals surface area contributed by atoms with E-state index in [4.69, 9.17) is 14.6 Å². The van der Waals surface area contributed by atoms with Gasteiger partial charge in [0, 0.05) is 6.54 Å². The Hall–Kier alpha value is -1.60. The summed E-state index contributed by atoms with van der Waals surface area (Å²) in [5.74, 6) is -0.638. The number of amides is 1. The van der Waals surface area contributed by atoms with Crippen molar-refractivity contribution in [2.45, 2.75) is 25.0 Å². The number of carboxylic acid groups (broad SMARTS) is 1. The smallest absolute Gasteiger partial charge is 0.332 e. The lowest BCUT2D eigenvalue weighted by atomic mass is 10.2. The van der Waals surface area contributed by atoms with Crippen molar-refractivity contribution >= 4 is 23.2 Å². The van der Waals surface area contributed by atoms with E-state index in [0.717, 1.165) is 0 Å². The van der Waals surface area contributed by atoms with Gasteiger partial charge in [-0.1, -0.05) is 0 Å². The van der Waals surface area contributed by atoms with E-state index in [1.807, 2.05) is 0 Å². The van der Waals surface area contributed by atoms with Crippen LogP contribution in [0.1, 0.15) is 22.5 Å². The molecule has 0 spiro atoms. The van der Waals surface area contributed by atoms with Crippen LogP contribution in [0.25, 0.3) is 0 Å². The van der Waals surface area contributed by atoms with Gasteiger partial charge in [-0.2, -0.15) is 0 Å². The van der Waals surface area contributed by atoms with Gasteiger partial charge in [-0.15, -0.1) is 11.3 Å². The molecule has 2 atom stereocenters. The zero-order valence-electron chi connectivity index (χ0n) is 10.4. The van der Waals surface area contributed by atoms with Crippen molar-refractivity contribution in [1.82, 2.24) is 5.32 Å². The van der Waals surface area contributed by atoms with Crippen LogP contribution in [0.15, 0.2) is 11.4 Å². The molecule has 2 rings (SSSR count). The van der Waals surface area contributed by atoms with Crippen LogP contribution in [0, 0.1) is 0 Å². The highest BCUT2D eigenvalue weighted by Gasteiger charge is 2.30. The molecule has 1 saturated heterocycles. The second-order valence-electron chi connectivity index (χ2n) is 4.19. The average molecular weight is 285 g/mol. The summed E-state index contributed by atoms with van der Waals surface area (Å²) in [6.45, 7) is 0.309. The molecule has 2 unspecified atom stereocenters. The number of rotatable bonds is 5. The molecule has 19 heavy (non-hydrogen) atoms. The lowest BCUT2D eigenvalue weighted by molar-refractivity contribution is -0.149. The Balaban J connectivity index is 1.83. The van der Waals surface area contributed by atoms with E-state index in [-0.39, 0.29) is 12.0 Å². The van der Waals surface area contributed by atoms with E-state index in [2.05, 4.69) is 5.32 Å². The molecule has 2 N–H and O–H groups in total. The fourth-order valence-corrected chi connectivity index (χ4v) is 2.72. The van der Waals surface area contributed by atoms with Gasteiger partial charge >= 0.3 is 5.97 Å². The first-order valence-corrected chi connectivity index (χ1v) is 6.77. The van der Waals surface area contributed by atoms with Gasteiger partial charge in [-0.25, -0.2) is 4.79 Å². The summed E-state index contributed by atoms with van der Waals surface area (Å²) >= 11 is 1.30. The molecule has 1 amide bonds. The second kappa shape index (κ2) is 6.03. The van der Waals surface area contributed by atoms with Crippen LogP contribution in [0.5, 0.6) is 5.75 Å². The summed E-state index contributed by atoms with van der Waals surface area (Å²) in [4.78, 5) is 23.1. The molecule has 6 nitrogen and oxygen atoms in total. The van der Waals surface area contributed by atoms with E-state index >= 15 is 0 Å². The zero-order chi connectivity index (χ0) is 13.8. The number of nitrogens with one attached hydrogen (secondary N) is 1. The number of thiophene rings is 1. The summed E-state index contributed by atoms with van der Waals surface area (Å²) in [5, 5.41) is 13.3. The van der Waals surface area contributed by atoms with Crippen molar-refractivity contribution in [2.75, 3.05) is 13.7 Å². The lowest BCUT2D eigenvalue weighted by Crippen LogP contribution is -2.32. The van der Waals surface area contributed by atoms with E-state index in [1.54, 1.807) is 11.4 Å². The minimum atomic E-state index is -0.950. The Bertz CT molecular complexity index is 472. The van der Waals surface area contributed by atoms with Crippen molar-refractivity contribution < 1.29 is 24.2 Å². The van der Waals surface area contributed by atoms with Gasteiger partial charge < -0.3 is 19.9 Å². The number of hydrogen-bond donors (Lipinski definition) is 2. The molecule has 0 aromatic carbocycles. The molecule has 1 aromatic rings. The summed E-state index contributed by atoms with van der Waals surface area (Å²) in [6.07, 6.45) is 0.131. The second-order valence-corrected chi connectivity index (χ2v) is 5.11. The molecular formula is C12H15NO5S. The summed E-state index contributed by atoms with van der Waals surface area (Å²) < 4.78 is 10.4. The molecule has 1 aromatic heterocycles. The Morgan fingerprint density at radius 1 is 1.58 bits per heavy atom. The van der Waals surface area contributed by atoms with Crippen LogP contribution in [-0.4, -0.2) is 42.8 Å². The maximum atomic E-state index is 11.9. The lowest BCUT2D eigenvalue weighted by Gasteiger charge is -2.12. The van der Waals surface area contributed by atoms with Crippen LogP contribution in [0.3, 0.4) is 0 Å². The average Bonchev–Trinajstić information content (AvgIpc) is 3.04. The quantitative estimate of drug-likeness (QED) is 0.846. The first-order chi connectivity index (χ1) is 9.11. The molecule has 2 heterocycles. The van der Waals surface area contributed by atoms with Crippen LogP contribution in [-0.2, 0) is 9.53 Å². The number of aliphatic carboxylic acids is 1. The van der Waals surface area contributed by atoms with E-state index in [9.17, 15) is 9.59 Å². The molecule has 0 radical (unpaired) electrons. The highest BCUT2D eigenvalue weighted by atomic mass is 32.1. The van der Waals surface area contributed by atoms with Crippen molar-refractivity contribution in [3.63, 3.8) is 0 Å². The SMILES string of the molecule is COc1ccsc1C(=O)NCC1CCC(C(=O)O)O1. The van der Waals surface area contributed by atoms with Crippen LogP contribution in [0.2, 0.25) is 0 Å². The maximum Gasteiger partial charge on any atom is 0.332 e. The Kier molecular flexibility index (Phi) is 4.39. The fraction of sp³-hybridized carbons (Fsp3) is 0.500. The van der Waals surface area contributed by atoms with E-state index < -0.39 is 12.1 Å². The van der Waals surface area contributed by atoms with Crippen molar-refractivity contribution in [2.24, 2.45) is 0 Å². The maximum absolute atomic E-state index is 11.9. The van der Waals surface area contributed by atoms with Gasteiger partial charge in [-0.3, -0.25) is 4.79 Å². The van der Waals surface area contributed by atoms with Gasteiger partial charge in [0.15, 0.2) is 6.10 Å². The molecule has 0 aliphatic carbocycles. The van der Waals surface area contributed by atoms with E-state index in [0.29, 0.717) is 30.0 Å². The minimum absolute atomic E-state index is 0.228. The van der Waals surface area contributed by atoms with Crippen LogP contribution >= 0.6 is 11.3 Å². The number of methoxy groups -OCH3 is 1. The molecule has 0 saturated carbocycles. The predicted molar refractivity (Wildman–Crippen MR) is 68.7 cm³/mol. The number of carboxylic acids is 1. The summed E-state index contributed by atoms with van der Waals surface area (Å²) in [7, 11) is 1.51. The van der Waals surface area contributed by atoms with Crippen molar-refractivity contribution in [1.29, 1.82) is 0 Å². The highest BCUT2D eigenvalue weighted by molar-refractivity contribution is 7.12. The summed E-state index contributed by atoms with van der Waals surface area (Å²) in [6, 6.07) is 1.73. The van der Waals surface area contributed by atoms with Gasteiger partial charge in [0.25, 0.3) is 5.91 Å². The Morgan fingerprint density at radius 2 is 2.37 bits per heavy atom. The van der Waals surface area contributed by atoms with Gasteiger partial charge in [0.05, 0.1) is 13.2 Å². The third kappa shape index (κ3) is 3.24. The fourth-order valence-electron chi connectivity index (χ4n) is 1.95. The van der Waals surface area contributed by atoms with Crippen molar-refractivity contribution in [3.8, 4) is 5.75 Å². The largest absolute Gasteiger partial charge is 0.495 e. The molecule has 7 heteroatoms. The first-order valence-electron chi connectivity index (χ1n) is 5.89. The number of carbonyl (C=O) groups excluding carboxylic acids is 1. The number of ether oxygens (including phenoxy) is 2. The molecule has 1 aliphatic heterocycles. The van der Waals surface area contributed by atoms with Gasteiger partial charge in [0.1, 0.15) is 10.6 Å². The number of hydrogen-bond acceptors (Lipinski definition) is 5. The molecular weight excluding hydrogens is 270 g/mol. The highest BCUT2D eigenvalue weighted by Crippen LogP contribution is 2.24. The standard InChI is InChI=1S/C12H15NO5S/c1-17-8-4-5-19-10(8)11(14)13-6-7-2-3-9(18-7)12(15)16/h4-5,7,9H,2-3,6H2,1H3,(H,13,14)(H,15,16). The normalized spacial score (nSPS) is 22.2. The summed E-state index contributed by atoms with van der Waals surface area (Å²) in [5.41, 5.74) is 0. The molecule has 1 fully saturated rings. The molecule has 0 bridgehead atoms. The monoisotopic (exact) mass is 285 g/mol. The first kappa shape index (κ1) is 13.8. The van der Waals surface area contributed by atoms with E-state index in [1.165, 1.54) is 18.4 Å².